The number of halogens is 1. The Bertz CT molecular complexity index is 932. The number of rotatable bonds is 8. The molecule has 0 saturated heterocycles. The summed E-state index contributed by atoms with van der Waals surface area (Å²) in [6, 6.07) is 6.51. The van der Waals surface area contributed by atoms with Crippen LogP contribution in [-0.4, -0.2) is 36.7 Å². The lowest BCUT2D eigenvalue weighted by atomic mass is 10.1. The maximum absolute atomic E-state index is 12.9. The molecule has 0 aliphatic carbocycles. The Hall–Kier alpha value is -3.00. The van der Waals surface area contributed by atoms with E-state index in [1.54, 1.807) is 52.0 Å². The van der Waals surface area contributed by atoms with Gasteiger partial charge in [0.2, 0.25) is 5.88 Å². The second-order valence-corrected chi connectivity index (χ2v) is 7.14. The maximum Gasteiger partial charge on any atom is 0.344 e. The van der Waals surface area contributed by atoms with Crippen LogP contribution in [-0.2, 0) is 14.3 Å². The van der Waals surface area contributed by atoms with Gasteiger partial charge in [0, 0.05) is 5.02 Å². The van der Waals surface area contributed by atoms with Gasteiger partial charge >= 0.3 is 11.9 Å². The molecule has 162 valence electrons. The minimum Gasteiger partial charge on any atom is -0.478 e. The topological polar surface area (TPSA) is 104 Å². The summed E-state index contributed by atoms with van der Waals surface area (Å²) in [6.07, 6.45) is 0. The first-order chi connectivity index (χ1) is 14.1. The Balaban J connectivity index is 2.34. The van der Waals surface area contributed by atoms with Crippen LogP contribution in [0.5, 0.6) is 5.75 Å². The number of nitrogens with one attached hydrogen (secondary N) is 1. The number of benzene rings is 1. The molecule has 1 heterocycles. The SMILES string of the molecule is CCOC(=O)c1c(C)oc(NC(=O)C(C)(C)Oc2ccc(Cl)cc2)c1C(=O)OCC. The van der Waals surface area contributed by atoms with Crippen LogP contribution < -0.4 is 10.1 Å². The largest absolute Gasteiger partial charge is 0.478 e. The van der Waals surface area contributed by atoms with Crippen LogP contribution >= 0.6 is 11.6 Å². The summed E-state index contributed by atoms with van der Waals surface area (Å²) in [4.78, 5) is 37.7. The van der Waals surface area contributed by atoms with E-state index >= 15 is 0 Å². The first-order valence-corrected chi connectivity index (χ1v) is 9.72. The Kier molecular flexibility index (Phi) is 7.50. The predicted molar refractivity (Wildman–Crippen MR) is 110 cm³/mol. The summed E-state index contributed by atoms with van der Waals surface area (Å²) >= 11 is 5.86. The number of carbonyl (C=O) groups is 3. The van der Waals surface area contributed by atoms with Crippen LogP contribution in [0.3, 0.4) is 0 Å². The number of amides is 1. The number of ether oxygens (including phenoxy) is 3. The fourth-order valence-corrected chi connectivity index (χ4v) is 2.70. The number of carbonyl (C=O) groups excluding carboxylic acids is 3. The van der Waals surface area contributed by atoms with Gasteiger partial charge in [0.15, 0.2) is 5.60 Å². The van der Waals surface area contributed by atoms with Gasteiger partial charge in [-0.25, -0.2) is 9.59 Å². The van der Waals surface area contributed by atoms with Crippen molar-refractivity contribution in [3.63, 3.8) is 0 Å². The molecule has 0 aliphatic rings. The third-order valence-electron chi connectivity index (χ3n) is 4.00. The van der Waals surface area contributed by atoms with E-state index in [2.05, 4.69) is 5.32 Å². The number of anilines is 1. The zero-order chi connectivity index (χ0) is 22.5. The number of hydrogen-bond acceptors (Lipinski definition) is 7. The molecule has 0 radical (unpaired) electrons. The molecule has 1 N–H and O–H groups in total. The van der Waals surface area contributed by atoms with Crippen molar-refractivity contribution in [1.29, 1.82) is 0 Å². The number of esters is 2. The third kappa shape index (κ3) is 5.33. The van der Waals surface area contributed by atoms with Gasteiger partial charge in [-0.2, -0.15) is 0 Å². The van der Waals surface area contributed by atoms with Crippen molar-refractivity contribution in [3.05, 3.63) is 46.2 Å². The van der Waals surface area contributed by atoms with Crippen molar-refractivity contribution in [3.8, 4) is 5.75 Å². The lowest BCUT2D eigenvalue weighted by Gasteiger charge is -2.25. The molecular formula is C21H24ClNO7. The van der Waals surface area contributed by atoms with E-state index in [0.29, 0.717) is 10.8 Å². The predicted octanol–water partition coefficient (Wildman–Crippen LogP) is 4.39. The van der Waals surface area contributed by atoms with Gasteiger partial charge in [-0.15, -0.1) is 0 Å². The van der Waals surface area contributed by atoms with Crippen LogP contribution in [0.4, 0.5) is 5.88 Å². The Morgan fingerprint density at radius 3 is 2.07 bits per heavy atom. The van der Waals surface area contributed by atoms with Crippen LogP contribution in [0.2, 0.25) is 5.02 Å². The van der Waals surface area contributed by atoms with Crippen molar-refractivity contribution >= 4 is 35.3 Å². The van der Waals surface area contributed by atoms with Gasteiger partial charge in [0.25, 0.3) is 5.91 Å². The Morgan fingerprint density at radius 1 is 1.00 bits per heavy atom. The minimum atomic E-state index is -1.34. The lowest BCUT2D eigenvalue weighted by molar-refractivity contribution is -0.128. The molecule has 0 atom stereocenters. The summed E-state index contributed by atoms with van der Waals surface area (Å²) in [5, 5.41) is 3.04. The first kappa shape index (κ1) is 23.3. The van der Waals surface area contributed by atoms with Gasteiger partial charge < -0.3 is 18.6 Å². The van der Waals surface area contributed by atoms with Gasteiger partial charge in [0.1, 0.15) is 22.6 Å². The average Bonchev–Trinajstić information content (AvgIpc) is 2.99. The summed E-state index contributed by atoms with van der Waals surface area (Å²) in [6.45, 7) is 8.01. The highest BCUT2D eigenvalue weighted by molar-refractivity contribution is 6.30. The lowest BCUT2D eigenvalue weighted by Crippen LogP contribution is -2.42. The Labute approximate surface area is 179 Å². The first-order valence-electron chi connectivity index (χ1n) is 9.34. The normalized spacial score (nSPS) is 11.0. The number of hydrogen-bond donors (Lipinski definition) is 1. The molecule has 0 fully saturated rings. The van der Waals surface area contributed by atoms with Crippen molar-refractivity contribution < 1.29 is 33.0 Å². The molecule has 1 amide bonds. The van der Waals surface area contributed by atoms with E-state index in [9.17, 15) is 14.4 Å². The van der Waals surface area contributed by atoms with Gasteiger partial charge in [-0.05, 0) is 58.9 Å². The van der Waals surface area contributed by atoms with E-state index in [1.807, 2.05) is 0 Å². The molecule has 0 bridgehead atoms. The van der Waals surface area contributed by atoms with Crippen molar-refractivity contribution in [1.82, 2.24) is 0 Å². The monoisotopic (exact) mass is 437 g/mol. The summed E-state index contributed by atoms with van der Waals surface area (Å²) < 4.78 is 21.3. The molecule has 9 heteroatoms. The molecule has 30 heavy (non-hydrogen) atoms. The fourth-order valence-electron chi connectivity index (χ4n) is 2.58. The van der Waals surface area contributed by atoms with Crippen LogP contribution in [0.1, 0.15) is 54.2 Å². The molecule has 0 aliphatic heterocycles. The van der Waals surface area contributed by atoms with Crippen LogP contribution in [0, 0.1) is 6.92 Å². The van der Waals surface area contributed by atoms with Gasteiger partial charge in [-0.1, -0.05) is 11.6 Å². The maximum atomic E-state index is 12.9. The molecule has 2 aromatic rings. The van der Waals surface area contributed by atoms with Crippen molar-refractivity contribution in [2.24, 2.45) is 0 Å². The van der Waals surface area contributed by atoms with Crippen LogP contribution in [0.15, 0.2) is 28.7 Å². The van der Waals surface area contributed by atoms with Crippen LogP contribution in [0.25, 0.3) is 0 Å². The molecule has 0 spiro atoms. The molecule has 8 nitrogen and oxygen atoms in total. The van der Waals surface area contributed by atoms with E-state index in [0.717, 1.165) is 0 Å². The molecule has 2 rings (SSSR count). The average molecular weight is 438 g/mol. The minimum absolute atomic E-state index is 0.0733. The fraction of sp³-hybridized carbons (Fsp3) is 0.381. The highest BCUT2D eigenvalue weighted by Crippen LogP contribution is 2.30. The molecular weight excluding hydrogens is 414 g/mol. The van der Waals surface area contributed by atoms with E-state index in [1.165, 1.54) is 6.92 Å². The van der Waals surface area contributed by atoms with E-state index in [-0.39, 0.29) is 36.0 Å². The quantitative estimate of drug-likeness (QED) is 0.610. The standard InChI is InChI=1S/C21H24ClNO7/c1-6-27-18(24)15-12(3)29-17(16(15)19(25)28-7-2)23-20(26)21(4,5)30-14-10-8-13(22)9-11-14/h8-11H,6-7H2,1-5H3,(H,23,26). The highest BCUT2D eigenvalue weighted by Gasteiger charge is 2.35. The highest BCUT2D eigenvalue weighted by atomic mass is 35.5. The molecule has 1 aromatic carbocycles. The van der Waals surface area contributed by atoms with Gasteiger partial charge in [0.05, 0.1) is 13.2 Å². The van der Waals surface area contributed by atoms with Crippen molar-refractivity contribution in [2.45, 2.75) is 40.2 Å². The number of furan rings is 1. The van der Waals surface area contributed by atoms with E-state index in [4.69, 9.17) is 30.2 Å². The smallest absolute Gasteiger partial charge is 0.344 e. The second kappa shape index (κ2) is 9.67. The van der Waals surface area contributed by atoms with Crippen molar-refractivity contribution in [2.75, 3.05) is 18.5 Å². The summed E-state index contributed by atoms with van der Waals surface area (Å²) in [5.41, 5.74) is -1.64. The summed E-state index contributed by atoms with van der Waals surface area (Å²) in [5.74, 6) is -1.85. The molecule has 1 aromatic heterocycles. The second-order valence-electron chi connectivity index (χ2n) is 6.70. The van der Waals surface area contributed by atoms with Gasteiger partial charge in [-0.3, -0.25) is 10.1 Å². The zero-order valence-electron chi connectivity index (χ0n) is 17.5. The molecule has 0 unspecified atom stereocenters. The Morgan fingerprint density at radius 2 is 1.53 bits per heavy atom. The summed E-state index contributed by atoms with van der Waals surface area (Å²) in [7, 11) is 0. The third-order valence-corrected chi connectivity index (χ3v) is 4.26. The zero-order valence-corrected chi connectivity index (χ0v) is 18.2. The molecule has 0 saturated carbocycles. The van der Waals surface area contributed by atoms with E-state index < -0.39 is 23.4 Å². The number of aryl methyl sites for hydroxylation is 1.